The Morgan fingerprint density at radius 3 is 2.77 bits per heavy atom. The molecule has 2 heteroatoms. The lowest BCUT2D eigenvalue weighted by Gasteiger charge is -1.97. The van der Waals surface area contributed by atoms with Gasteiger partial charge in [0.1, 0.15) is 0 Å². The third-order valence-electron chi connectivity index (χ3n) is 2.20. The van der Waals surface area contributed by atoms with Gasteiger partial charge in [-0.2, -0.15) is 0 Å². The number of hydrogen-bond acceptors (Lipinski definition) is 2. The van der Waals surface area contributed by atoms with Gasteiger partial charge in [-0.15, -0.1) is 0 Å². The largest absolute Gasteiger partial charge is 0.356 e. The molecule has 0 aliphatic heterocycles. The van der Waals surface area contributed by atoms with Gasteiger partial charge in [0.2, 0.25) is 0 Å². The van der Waals surface area contributed by atoms with E-state index in [9.17, 15) is 0 Å². The molecule has 0 atom stereocenters. The minimum Gasteiger partial charge on any atom is -0.356 e. The van der Waals surface area contributed by atoms with Crippen molar-refractivity contribution in [1.82, 2.24) is 5.16 Å². The first-order valence-corrected chi connectivity index (χ1v) is 4.54. The Morgan fingerprint density at radius 1 is 1.31 bits per heavy atom. The highest BCUT2D eigenvalue weighted by Gasteiger charge is 2.10. The average molecular weight is 175 g/mol. The fourth-order valence-electron chi connectivity index (χ4n) is 1.48. The number of benzene rings is 1. The van der Waals surface area contributed by atoms with Gasteiger partial charge in [-0.25, -0.2) is 0 Å². The Bertz CT molecular complexity index is 429. The van der Waals surface area contributed by atoms with Gasteiger partial charge in [0, 0.05) is 5.39 Å². The molecule has 1 aromatic carbocycles. The fourth-order valence-corrected chi connectivity index (χ4v) is 1.48. The van der Waals surface area contributed by atoms with Gasteiger partial charge in [-0.05, 0) is 30.5 Å². The summed E-state index contributed by atoms with van der Waals surface area (Å²) < 4.78 is 5.24. The summed E-state index contributed by atoms with van der Waals surface area (Å²) in [5, 5.41) is 5.20. The summed E-state index contributed by atoms with van der Waals surface area (Å²) in [6, 6.07) is 6.19. The van der Waals surface area contributed by atoms with Gasteiger partial charge < -0.3 is 4.52 Å². The maximum absolute atomic E-state index is 5.24. The zero-order valence-electron chi connectivity index (χ0n) is 8.16. The van der Waals surface area contributed by atoms with Crippen molar-refractivity contribution < 1.29 is 4.52 Å². The van der Waals surface area contributed by atoms with E-state index in [4.69, 9.17) is 4.52 Å². The normalized spacial score (nSPS) is 11.4. The zero-order valence-corrected chi connectivity index (χ0v) is 8.16. The second-order valence-electron chi connectivity index (χ2n) is 3.72. The highest BCUT2D eigenvalue weighted by molar-refractivity contribution is 5.80. The van der Waals surface area contributed by atoms with E-state index in [1.165, 1.54) is 5.56 Å². The lowest BCUT2D eigenvalue weighted by atomic mass is 10.1. The summed E-state index contributed by atoms with van der Waals surface area (Å²) in [6.07, 6.45) is 0. The first kappa shape index (κ1) is 8.30. The standard InChI is InChI=1S/C11H13NO/c1-7(2)11-9-5-4-8(3)6-10(9)13-12-11/h4-7H,1-3H3. The van der Waals surface area contributed by atoms with Crippen molar-refractivity contribution in [3.63, 3.8) is 0 Å². The Labute approximate surface area is 77.5 Å². The topological polar surface area (TPSA) is 26.0 Å². The Morgan fingerprint density at radius 2 is 2.08 bits per heavy atom. The van der Waals surface area contributed by atoms with Crippen LogP contribution in [0.4, 0.5) is 0 Å². The third kappa shape index (κ3) is 1.32. The van der Waals surface area contributed by atoms with Gasteiger partial charge in [0.05, 0.1) is 5.69 Å². The maximum atomic E-state index is 5.24. The lowest BCUT2D eigenvalue weighted by Crippen LogP contribution is -1.86. The number of nitrogens with zero attached hydrogens (tertiary/aromatic N) is 1. The molecule has 13 heavy (non-hydrogen) atoms. The Balaban J connectivity index is 2.69. The van der Waals surface area contributed by atoms with Crippen LogP contribution < -0.4 is 0 Å². The fraction of sp³-hybridized carbons (Fsp3) is 0.364. The number of fused-ring (bicyclic) bond motifs is 1. The van der Waals surface area contributed by atoms with Crippen LogP contribution in [0.15, 0.2) is 22.7 Å². The Kier molecular flexibility index (Phi) is 1.83. The molecule has 0 fully saturated rings. The van der Waals surface area contributed by atoms with Crippen molar-refractivity contribution in [2.24, 2.45) is 0 Å². The summed E-state index contributed by atoms with van der Waals surface area (Å²) in [7, 11) is 0. The van der Waals surface area contributed by atoms with Crippen molar-refractivity contribution in [1.29, 1.82) is 0 Å². The molecule has 0 aliphatic rings. The molecule has 0 aliphatic carbocycles. The third-order valence-corrected chi connectivity index (χ3v) is 2.20. The summed E-state index contributed by atoms with van der Waals surface area (Å²) >= 11 is 0. The van der Waals surface area contributed by atoms with E-state index in [0.717, 1.165) is 16.7 Å². The van der Waals surface area contributed by atoms with Crippen molar-refractivity contribution in [3.05, 3.63) is 29.5 Å². The van der Waals surface area contributed by atoms with Crippen LogP contribution in [-0.2, 0) is 0 Å². The van der Waals surface area contributed by atoms with Crippen LogP contribution in [0, 0.1) is 6.92 Å². The molecule has 2 rings (SSSR count). The molecular weight excluding hydrogens is 162 g/mol. The smallest absolute Gasteiger partial charge is 0.167 e. The molecule has 0 saturated heterocycles. The number of aryl methyl sites for hydroxylation is 1. The Hall–Kier alpha value is -1.31. The molecule has 0 amide bonds. The minimum absolute atomic E-state index is 0.420. The first-order chi connectivity index (χ1) is 6.18. The molecule has 2 aromatic rings. The quantitative estimate of drug-likeness (QED) is 0.664. The number of hydrogen-bond donors (Lipinski definition) is 0. The van der Waals surface area contributed by atoms with E-state index in [2.05, 4.69) is 38.1 Å². The SMILES string of the molecule is Cc1ccc2c(C(C)C)noc2c1. The van der Waals surface area contributed by atoms with Gasteiger partial charge in [0.25, 0.3) is 0 Å². The van der Waals surface area contributed by atoms with Gasteiger partial charge in [0.15, 0.2) is 5.58 Å². The van der Waals surface area contributed by atoms with Crippen LogP contribution in [0.25, 0.3) is 11.0 Å². The highest BCUT2D eigenvalue weighted by atomic mass is 16.5. The zero-order chi connectivity index (χ0) is 9.42. The van der Waals surface area contributed by atoms with E-state index in [0.29, 0.717) is 5.92 Å². The summed E-state index contributed by atoms with van der Waals surface area (Å²) in [4.78, 5) is 0. The highest BCUT2D eigenvalue weighted by Crippen LogP contribution is 2.24. The predicted octanol–water partition coefficient (Wildman–Crippen LogP) is 3.26. The molecule has 2 nitrogen and oxygen atoms in total. The molecule has 0 bridgehead atoms. The summed E-state index contributed by atoms with van der Waals surface area (Å²) in [6.45, 7) is 6.30. The molecule has 1 heterocycles. The second kappa shape index (κ2) is 2.87. The predicted molar refractivity (Wildman–Crippen MR) is 52.8 cm³/mol. The van der Waals surface area contributed by atoms with E-state index in [1.54, 1.807) is 0 Å². The molecular formula is C11H13NO. The van der Waals surface area contributed by atoms with Gasteiger partial charge in [-0.1, -0.05) is 25.1 Å². The van der Waals surface area contributed by atoms with Crippen molar-refractivity contribution in [2.45, 2.75) is 26.7 Å². The average Bonchev–Trinajstić information content (AvgIpc) is 2.46. The van der Waals surface area contributed by atoms with Crippen LogP contribution in [0.2, 0.25) is 0 Å². The van der Waals surface area contributed by atoms with E-state index in [1.807, 2.05) is 6.07 Å². The maximum Gasteiger partial charge on any atom is 0.167 e. The lowest BCUT2D eigenvalue weighted by molar-refractivity contribution is 0.441. The van der Waals surface area contributed by atoms with Crippen LogP contribution in [0.3, 0.4) is 0 Å². The monoisotopic (exact) mass is 175 g/mol. The van der Waals surface area contributed by atoms with E-state index < -0.39 is 0 Å². The van der Waals surface area contributed by atoms with Crippen molar-refractivity contribution in [3.8, 4) is 0 Å². The van der Waals surface area contributed by atoms with E-state index in [-0.39, 0.29) is 0 Å². The van der Waals surface area contributed by atoms with Crippen LogP contribution in [0.1, 0.15) is 31.0 Å². The molecule has 0 unspecified atom stereocenters. The number of aromatic nitrogens is 1. The van der Waals surface area contributed by atoms with Crippen LogP contribution >= 0.6 is 0 Å². The molecule has 1 aromatic heterocycles. The molecule has 0 N–H and O–H groups in total. The van der Waals surface area contributed by atoms with E-state index >= 15 is 0 Å². The first-order valence-electron chi connectivity index (χ1n) is 4.54. The molecule has 0 spiro atoms. The minimum atomic E-state index is 0.420. The van der Waals surface area contributed by atoms with Crippen molar-refractivity contribution in [2.75, 3.05) is 0 Å². The summed E-state index contributed by atoms with van der Waals surface area (Å²) in [5.74, 6) is 0.420. The van der Waals surface area contributed by atoms with Gasteiger partial charge >= 0.3 is 0 Å². The second-order valence-corrected chi connectivity index (χ2v) is 3.72. The van der Waals surface area contributed by atoms with Crippen LogP contribution in [0.5, 0.6) is 0 Å². The van der Waals surface area contributed by atoms with Crippen LogP contribution in [-0.4, -0.2) is 5.16 Å². The molecule has 68 valence electrons. The van der Waals surface area contributed by atoms with Crippen molar-refractivity contribution >= 4 is 11.0 Å². The number of rotatable bonds is 1. The van der Waals surface area contributed by atoms with Gasteiger partial charge in [-0.3, -0.25) is 0 Å². The summed E-state index contributed by atoms with van der Waals surface area (Å²) in [5.41, 5.74) is 3.15. The molecule has 0 saturated carbocycles. The molecule has 0 radical (unpaired) electrons.